The molecule has 5 nitrogen and oxygen atoms in total. The Kier molecular flexibility index (Phi) is 5.18. The number of rotatable bonds is 5. The van der Waals surface area contributed by atoms with Crippen LogP contribution in [0, 0.1) is 6.92 Å². The number of para-hydroxylation sites is 2. The zero-order valence-electron chi connectivity index (χ0n) is 16.5. The normalized spacial score (nSPS) is 19.2. The van der Waals surface area contributed by atoms with Crippen molar-refractivity contribution in [3.05, 3.63) is 59.7 Å². The minimum absolute atomic E-state index is 0.0473. The summed E-state index contributed by atoms with van der Waals surface area (Å²) in [7, 11) is 0. The fourth-order valence-electron chi connectivity index (χ4n) is 3.90. The molecule has 1 atom stereocenters. The number of amides is 2. The van der Waals surface area contributed by atoms with Gasteiger partial charge in [-0.15, -0.1) is 0 Å². The average molecular weight is 377 g/mol. The first-order chi connectivity index (χ1) is 13.5. The minimum Gasteiger partial charge on any atom is -0.324 e. The molecule has 2 aromatic carbocycles. The Morgan fingerprint density at radius 2 is 1.86 bits per heavy atom. The number of hydrogen-bond donors (Lipinski definition) is 1. The van der Waals surface area contributed by atoms with E-state index in [0.29, 0.717) is 24.7 Å². The molecular formula is C23H27N3O2. The van der Waals surface area contributed by atoms with Crippen molar-refractivity contribution in [1.29, 1.82) is 0 Å². The van der Waals surface area contributed by atoms with Crippen LogP contribution in [0.2, 0.25) is 0 Å². The van der Waals surface area contributed by atoms with Crippen LogP contribution in [0.1, 0.15) is 37.3 Å². The lowest BCUT2D eigenvalue weighted by Gasteiger charge is -2.31. The molecule has 1 N–H and O–H groups in total. The number of nitrogens with one attached hydrogen (secondary N) is 1. The van der Waals surface area contributed by atoms with Crippen LogP contribution in [0.15, 0.2) is 48.5 Å². The molecule has 0 spiro atoms. The van der Waals surface area contributed by atoms with Crippen molar-refractivity contribution < 1.29 is 9.59 Å². The second-order valence-corrected chi connectivity index (χ2v) is 8.00. The summed E-state index contributed by atoms with van der Waals surface area (Å²) >= 11 is 0. The Labute approximate surface area is 166 Å². The highest BCUT2D eigenvalue weighted by Gasteiger charge is 2.34. The molecule has 1 fully saturated rings. The van der Waals surface area contributed by atoms with Gasteiger partial charge in [-0.1, -0.05) is 42.0 Å². The first-order valence-electron chi connectivity index (χ1n) is 10.0. The van der Waals surface area contributed by atoms with E-state index in [0.717, 1.165) is 25.1 Å². The van der Waals surface area contributed by atoms with Gasteiger partial charge in [0.2, 0.25) is 11.8 Å². The fraction of sp³-hybridized carbons (Fsp3) is 0.391. The number of carbonyl (C=O) groups is 2. The molecule has 0 aromatic heterocycles. The standard InChI is InChI=1S/C23H27N3O2/c1-16-7-9-18(10-8-16)14-25(19-11-12-19)15-23(28)26-17(2)13-22(27)24-20-5-3-4-6-21(20)26/h3-10,17,19H,11-15H2,1-2H3,(H,24,27). The van der Waals surface area contributed by atoms with Gasteiger partial charge in [-0.25, -0.2) is 0 Å². The predicted octanol–water partition coefficient (Wildman–Crippen LogP) is 3.72. The SMILES string of the molecule is Cc1ccc(CN(CC(=O)N2c3ccccc3NC(=O)CC2C)C2CC2)cc1. The van der Waals surface area contributed by atoms with Crippen molar-refractivity contribution >= 4 is 23.2 Å². The van der Waals surface area contributed by atoms with Crippen LogP contribution in [0.25, 0.3) is 0 Å². The molecular weight excluding hydrogens is 350 g/mol. The lowest BCUT2D eigenvalue weighted by Crippen LogP contribution is -2.45. The van der Waals surface area contributed by atoms with Crippen molar-refractivity contribution in [3.63, 3.8) is 0 Å². The Hall–Kier alpha value is -2.66. The summed E-state index contributed by atoms with van der Waals surface area (Å²) < 4.78 is 0. The van der Waals surface area contributed by atoms with Crippen molar-refractivity contribution in [2.24, 2.45) is 0 Å². The zero-order chi connectivity index (χ0) is 19.7. The lowest BCUT2D eigenvalue weighted by molar-refractivity contribution is -0.120. The van der Waals surface area contributed by atoms with Crippen LogP contribution in [0.5, 0.6) is 0 Å². The van der Waals surface area contributed by atoms with E-state index in [2.05, 4.69) is 41.4 Å². The first kappa shape index (κ1) is 18.7. The summed E-state index contributed by atoms with van der Waals surface area (Å²) in [4.78, 5) is 29.6. The van der Waals surface area contributed by atoms with Gasteiger partial charge in [0.15, 0.2) is 0 Å². The second kappa shape index (κ2) is 7.76. The molecule has 2 amide bonds. The highest BCUT2D eigenvalue weighted by Crippen LogP contribution is 2.33. The summed E-state index contributed by atoms with van der Waals surface area (Å²) in [6.45, 7) is 5.17. The van der Waals surface area contributed by atoms with E-state index >= 15 is 0 Å². The Morgan fingerprint density at radius 3 is 2.57 bits per heavy atom. The Bertz CT molecular complexity index is 874. The van der Waals surface area contributed by atoms with Crippen LogP contribution in [-0.2, 0) is 16.1 Å². The predicted molar refractivity (Wildman–Crippen MR) is 111 cm³/mol. The number of nitrogens with zero attached hydrogens (tertiary/aromatic N) is 2. The number of benzene rings is 2. The maximum atomic E-state index is 13.4. The van der Waals surface area contributed by atoms with E-state index in [1.807, 2.05) is 31.2 Å². The molecule has 146 valence electrons. The number of fused-ring (bicyclic) bond motifs is 1. The highest BCUT2D eigenvalue weighted by molar-refractivity contribution is 6.04. The van der Waals surface area contributed by atoms with Crippen LogP contribution in [0.4, 0.5) is 11.4 Å². The maximum Gasteiger partial charge on any atom is 0.241 e. The molecule has 4 rings (SSSR count). The topological polar surface area (TPSA) is 52.7 Å². The molecule has 0 bridgehead atoms. The lowest BCUT2D eigenvalue weighted by atomic mass is 10.1. The van der Waals surface area contributed by atoms with Crippen LogP contribution >= 0.6 is 0 Å². The fourth-order valence-corrected chi connectivity index (χ4v) is 3.90. The highest BCUT2D eigenvalue weighted by atomic mass is 16.2. The summed E-state index contributed by atoms with van der Waals surface area (Å²) in [6.07, 6.45) is 2.60. The summed E-state index contributed by atoms with van der Waals surface area (Å²) in [5.74, 6) is 0.00409. The first-order valence-corrected chi connectivity index (χ1v) is 10.0. The van der Waals surface area contributed by atoms with Gasteiger partial charge < -0.3 is 10.2 Å². The van der Waals surface area contributed by atoms with E-state index in [1.165, 1.54) is 11.1 Å². The van der Waals surface area contributed by atoms with Gasteiger partial charge in [0.25, 0.3) is 0 Å². The minimum atomic E-state index is -0.170. The van der Waals surface area contributed by atoms with Gasteiger partial charge in [-0.3, -0.25) is 14.5 Å². The third-order valence-electron chi connectivity index (χ3n) is 5.54. The largest absolute Gasteiger partial charge is 0.324 e. The zero-order valence-corrected chi connectivity index (χ0v) is 16.5. The smallest absolute Gasteiger partial charge is 0.241 e. The number of hydrogen-bond acceptors (Lipinski definition) is 3. The number of carbonyl (C=O) groups excluding carboxylic acids is 2. The second-order valence-electron chi connectivity index (χ2n) is 8.00. The van der Waals surface area contributed by atoms with Gasteiger partial charge in [0.1, 0.15) is 0 Å². The molecule has 2 aromatic rings. The number of anilines is 2. The van der Waals surface area contributed by atoms with Crippen molar-refractivity contribution in [1.82, 2.24) is 4.90 Å². The molecule has 2 aliphatic rings. The van der Waals surface area contributed by atoms with Crippen molar-refractivity contribution in [2.75, 3.05) is 16.8 Å². The molecule has 0 radical (unpaired) electrons. The van der Waals surface area contributed by atoms with E-state index in [-0.39, 0.29) is 17.9 Å². The van der Waals surface area contributed by atoms with E-state index in [1.54, 1.807) is 4.90 Å². The molecule has 1 aliphatic carbocycles. The van der Waals surface area contributed by atoms with Gasteiger partial charge >= 0.3 is 0 Å². The molecule has 1 unspecified atom stereocenters. The number of aryl methyl sites for hydroxylation is 1. The van der Waals surface area contributed by atoms with Crippen LogP contribution < -0.4 is 10.2 Å². The molecule has 1 aliphatic heterocycles. The van der Waals surface area contributed by atoms with Crippen molar-refractivity contribution in [3.8, 4) is 0 Å². The summed E-state index contributed by atoms with van der Waals surface area (Å²) in [6, 6.07) is 16.4. The summed E-state index contributed by atoms with van der Waals surface area (Å²) in [5.41, 5.74) is 3.97. The van der Waals surface area contributed by atoms with Crippen LogP contribution in [0.3, 0.4) is 0 Å². The molecule has 5 heteroatoms. The maximum absolute atomic E-state index is 13.4. The van der Waals surface area contributed by atoms with Gasteiger partial charge in [0.05, 0.1) is 17.9 Å². The van der Waals surface area contributed by atoms with Crippen molar-refractivity contribution in [2.45, 2.75) is 51.7 Å². The molecule has 1 heterocycles. The molecule has 0 saturated heterocycles. The van der Waals surface area contributed by atoms with Gasteiger partial charge in [0, 0.05) is 25.0 Å². The third-order valence-corrected chi connectivity index (χ3v) is 5.54. The van der Waals surface area contributed by atoms with Gasteiger partial charge in [-0.05, 0) is 44.4 Å². The third kappa shape index (κ3) is 4.09. The van der Waals surface area contributed by atoms with E-state index in [4.69, 9.17) is 0 Å². The van der Waals surface area contributed by atoms with Crippen LogP contribution in [-0.4, -0.2) is 35.3 Å². The Balaban J connectivity index is 1.55. The average Bonchev–Trinajstić information content (AvgIpc) is 3.49. The summed E-state index contributed by atoms with van der Waals surface area (Å²) in [5, 5.41) is 2.92. The molecule has 28 heavy (non-hydrogen) atoms. The monoisotopic (exact) mass is 377 g/mol. The molecule has 1 saturated carbocycles. The quantitative estimate of drug-likeness (QED) is 0.864. The Morgan fingerprint density at radius 1 is 1.14 bits per heavy atom. The van der Waals surface area contributed by atoms with Gasteiger partial charge in [-0.2, -0.15) is 0 Å². The van der Waals surface area contributed by atoms with E-state index < -0.39 is 0 Å². The van der Waals surface area contributed by atoms with E-state index in [9.17, 15) is 9.59 Å².